The predicted octanol–water partition coefficient (Wildman–Crippen LogP) is 2.69. The summed E-state index contributed by atoms with van der Waals surface area (Å²) in [4.78, 5) is 49.5. The van der Waals surface area contributed by atoms with E-state index < -0.39 is 61.7 Å². The van der Waals surface area contributed by atoms with Gasteiger partial charge in [-0.2, -0.15) is 5.09 Å². The first kappa shape index (κ1) is 31.7. The Balaban J connectivity index is 1.49. The van der Waals surface area contributed by atoms with Crippen molar-refractivity contribution in [3.8, 4) is 5.75 Å². The number of ketones is 1. The summed E-state index contributed by atoms with van der Waals surface area (Å²) in [7, 11) is -4.53. The lowest BCUT2D eigenvalue weighted by molar-refractivity contribution is -0.138. The molecule has 1 fully saturated rings. The second kappa shape index (κ2) is 13.0. The largest absolute Gasteiger partial charge is 0.480 e. The standard InChI is InChI=1S/C28H29FN3O10P/c1-17(25(36)37)31-43(39,42-20-11-9-19(10-12-20)21(33)13-8-18-6-4-3-5-7-18)40-16-22-24(35)28(2,29)26(41-22)32-15-14-23(34)30-27(32)38/h3-15,17,22,24,26,35H,16H2,1-2H3,(H,31,39)(H,36,37)(H,30,34,38)/b13-8+/t17?,22-,24-,26-,28-,43?/m1/s1. The molecule has 2 heterocycles. The summed E-state index contributed by atoms with van der Waals surface area (Å²) >= 11 is 0. The van der Waals surface area contributed by atoms with Crippen LogP contribution in [-0.2, 0) is 18.6 Å². The molecule has 0 bridgehead atoms. The Labute approximate surface area is 244 Å². The number of carboxylic acids is 1. The predicted molar refractivity (Wildman–Crippen MR) is 151 cm³/mol. The van der Waals surface area contributed by atoms with E-state index >= 15 is 4.39 Å². The van der Waals surface area contributed by atoms with Crippen molar-refractivity contribution in [1.82, 2.24) is 14.6 Å². The van der Waals surface area contributed by atoms with Crippen LogP contribution in [0.2, 0.25) is 0 Å². The van der Waals surface area contributed by atoms with Gasteiger partial charge in [0.1, 0.15) is 24.0 Å². The van der Waals surface area contributed by atoms with Crippen LogP contribution in [0.1, 0.15) is 36.0 Å². The lowest BCUT2D eigenvalue weighted by atomic mass is 9.98. The van der Waals surface area contributed by atoms with Crippen LogP contribution in [0.3, 0.4) is 0 Å². The molecule has 1 aliphatic rings. The molecule has 0 amide bonds. The fraction of sp³-hybridized carbons (Fsp3) is 0.286. The third kappa shape index (κ3) is 7.61. The van der Waals surface area contributed by atoms with E-state index in [1.165, 1.54) is 37.3 Å². The second-order valence-electron chi connectivity index (χ2n) is 9.85. The number of allylic oxidation sites excluding steroid dienone is 1. The lowest BCUT2D eigenvalue weighted by Crippen LogP contribution is -2.43. The minimum absolute atomic E-state index is 0.0575. The number of aliphatic hydroxyl groups is 1. The van der Waals surface area contributed by atoms with Gasteiger partial charge in [0.2, 0.25) is 0 Å². The number of nitrogens with zero attached hydrogens (tertiary/aromatic N) is 1. The van der Waals surface area contributed by atoms with Gasteiger partial charge in [-0.25, -0.2) is 13.8 Å². The van der Waals surface area contributed by atoms with Gasteiger partial charge in [-0.1, -0.05) is 36.4 Å². The molecule has 0 radical (unpaired) electrons. The summed E-state index contributed by atoms with van der Waals surface area (Å²) in [6.45, 7) is 1.39. The Morgan fingerprint density at radius 3 is 2.49 bits per heavy atom. The van der Waals surface area contributed by atoms with Gasteiger partial charge >= 0.3 is 19.4 Å². The first-order chi connectivity index (χ1) is 20.3. The SMILES string of the molecule is CC(NP(=O)(OC[C@H]1O[C@@H](n2ccc(=O)[nH]c2=O)[C@](C)(F)[C@@H]1O)Oc1ccc(C(=O)/C=C/c2ccccc2)cc1)C(=O)O. The number of carboxylic acid groups (broad SMARTS) is 1. The number of alkyl halides is 1. The number of aromatic nitrogens is 2. The Bertz CT molecular complexity index is 1660. The molecular formula is C28H29FN3O10P. The first-order valence-corrected chi connectivity index (χ1v) is 14.5. The van der Waals surface area contributed by atoms with Crippen molar-refractivity contribution in [2.24, 2.45) is 0 Å². The number of aliphatic carboxylic acids is 1. The van der Waals surface area contributed by atoms with Gasteiger partial charge in [0.25, 0.3) is 5.56 Å². The maximum absolute atomic E-state index is 15.5. The van der Waals surface area contributed by atoms with Crippen LogP contribution in [-0.4, -0.2) is 62.0 Å². The summed E-state index contributed by atoms with van der Waals surface area (Å²) in [5.41, 5.74) is -3.15. The number of carbonyl (C=O) groups is 2. The van der Waals surface area contributed by atoms with E-state index in [2.05, 4.69) is 5.09 Å². The van der Waals surface area contributed by atoms with Gasteiger partial charge in [0.05, 0.1) is 6.61 Å². The van der Waals surface area contributed by atoms with Gasteiger partial charge in [0, 0.05) is 17.8 Å². The van der Waals surface area contributed by atoms with Gasteiger partial charge in [-0.15, -0.1) is 0 Å². The Kier molecular flexibility index (Phi) is 9.58. The van der Waals surface area contributed by atoms with Crippen molar-refractivity contribution in [3.05, 3.63) is 105 Å². The van der Waals surface area contributed by atoms with Crippen LogP contribution in [0.5, 0.6) is 5.75 Å². The molecule has 1 saturated heterocycles. The van der Waals surface area contributed by atoms with Crippen molar-refractivity contribution in [1.29, 1.82) is 0 Å². The summed E-state index contributed by atoms with van der Waals surface area (Å²) in [5, 5.41) is 22.2. The fourth-order valence-corrected chi connectivity index (χ4v) is 5.67. The molecule has 1 aliphatic heterocycles. The highest BCUT2D eigenvalue weighted by molar-refractivity contribution is 7.52. The molecule has 15 heteroatoms. The molecule has 13 nitrogen and oxygen atoms in total. The molecule has 43 heavy (non-hydrogen) atoms. The van der Waals surface area contributed by atoms with E-state index in [1.54, 1.807) is 6.08 Å². The number of carbonyl (C=O) groups excluding carboxylic acids is 1. The molecule has 4 rings (SSSR count). The number of hydrogen-bond donors (Lipinski definition) is 4. The summed E-state index contributed by atoms with van der Waals surface area (Å²) in [6.07, 6.45) is -1.05. The van der Waals surface area contributed by atoms with Crippen LogP contribution in [0, 0.1) is 0 Å². The number of aliphatic hydroxyl groups excluding tert-OH is 1. The normalized spacial score (nSPS) is 24.0. The molecular weight excluding hydrogens is 588 g/mol. The third-order valence-electron chi connectivity index (χ3n) is 6.54. The monoisotopic (exact) mass is 617 g/mol. The molecule has 1 aromatic heterocycles. The molecule has 2 aromatic carbocycles. The maximum atomic E-state index is 15.5. The van der Waals surface area contributed by atoms with E-state index in [-0.39, 0.29) is 17.1 Å². The number of hydrogen-bond acceptors (Lipinski definition) is 9. The first-order valence-electron chi connectivity index (χ1n) is 13.0. The number of aromatic amines is 1. The van der Waals surface area contributed by atoms with E-state index in [0.717, 1.165) is 29.3 Å². The van der Waals surface area contributed by atoms with Crippen molar-refractivity contribution in [2.45, 2.75) is 44.0 Å². The van der Waals surface area contributed by atoms with E-state index in [9.17, 15) is 34.0 Å². The van der Waals surface area contributed by atoms with Crippen LogP contribution in [0.25, 0.3) is 6.08 Å². The third-order valence-corrected chi connectivity index (χ3v) is 8.19. The van der Waals surface area contributed by atoms with Crippen molar-refractivity contribution >= 4 is 25.6 Å². The van der Waals surface area contributed by atoms with Crippen LogP contribution in [0.15, 0.2) is 82.5 Å². The second-order valence-corrected chi connectivity index (χ2v) is 11.5. The number of ether oxygens (including phenoxy) is 1. The van der Waals surface area contributed by atoms with Crippen molar-refractivity contribution in [2.75, 3.05) is 6.61 Å². The van der Waals surface area contributed by atoms with Gasteiger partial charge in [-0.3, -0.25) is 28.5 Å². The average molecular weight is 618 g/mol. The van der Waals surface area contributed by atoms with Crippen LogP contribution in [0.4, 0.5) is 4.39 Å². The number of rotatable bonds is 12. The highest BCUT2D eigenvalue weighted by atomic mass is 31.2. The smallest absolute Gasteiger partial charge is 0.459 e. The molecule has 0 saturated carbocycles. The minimum atomic E-state index is -4.53. The highest BCUT2D eigenvalue weighted by Crippen LogP contribution is 2.47. The molecule has 3 aromatic rings. The minimum Gasteiger partial charge on any atom is -0.480 e. The summed E-state index contributed by atoms with van der Waals surface area (Å²) in [6, 6.07) is 14.2. The Morgan fingerprint density at radius 1 is 1.19 bits per heavy atom. The zero-order chi connectivity index (χ0) is 31.4. The average Bonchev–Trinajstić information content (AvgIpc) is 3.19. The van der Waals surface area contributed by atoms with Gasteiger partial charge < -0.3 is 19.5 Å². The van der Waals surface area contributed by atoms with Crippen LogP contribution >= 0.6 is 7.75 Å². The molecule has 228 valence electrons. The van der Waals surface area contributed by atoms with Crippen LogP contribution < -0.4 is 20.9 Å². The summed E-state index contributed by atoms with van der Waals surface area (Å²) in [5.74, 6) is -1.76. The lowest BCUT2D eigenvalue weighted by Gasteiger charge is -2.25. The molecule has 0 spiro atoms. The van der Waals surface area contributed by atoms with E-state index in [1.807, 2.05) is 35.3 Å². The molecule has 6 atom stereocenters. The Hall–Kier alpha value is -4.20. The quantitative estimate of drug-likeness (QED) is 0.133. The molecule has 0 aliphatic carbocycles. The number of nitrogens with one attached hydrogen (secondary N) is 2. The number of H-pyrrole nitrogens is 1. The topological polar surface area (TPSA) is 186 Å². The fourth-order valence-electron chi connectivity index (χ4n) is 4.17. The maximum Gasteiger partial charge on any atom is 0.459 e. The zero-order valence-corrected chi connectivity index (χ0v) is 23.8. The highest BCUT2D eigenvalue weighted by Gasteiger charge is 2.55. The zero-order valence-electron chi connectivity index (χ0n) is 23.0. The number of halogens is 1. The summed E-state index contributed by atoms with van der Waals surface area (Å²) < 4.78 is 46.3. The molecule has 2 unspecified atom stereocenters. The van der Waals surface area contributed by atoms with Gasteiger partial charge in [0.15, 0.2) is 17.7 Å². The Morgan fingerprint density at radius 2 is 1.86 bits per heavy atom. The van der Waals surface area contributed by atoms with Crippen molar-refractivity contribution in [3.63, 3.8) is 0 Å². The van der Waals surface area contributed by atoms with Crippen molar-refractivity contribution < 1.29 is 42.5 Å². The van der Waals surface area contributed by atoms with E-state index in [0.29, 0.717) is 0 Å². The number of benzene rings is 2. The molecule has 4 N–H and O–H groups in total. The van der Waals surface area contributed by atoms with Gasteiger partial charge in [-0.05, 0) is 49.8 Å². The van der Waals surface area contributed by atoms with E-state index in [4.69, 9.17) is 13.8 Å².